The number of carbonyl (C=O) groups is 2. The standard InChI is InChI=1S/C24H31N5O4/c25-24(31)33-23(30)22-19-4-3-17(28-10-7-18(12-28)32-14-15-1-2-15)11-20(19)29(26-22)21-13-27-8-5-16(21)6-9-27/h3-4,11,15-16,18,21H,1-2,5-10,12-14H2,(H2,25,31)/t18?,21-/m1/s1. The molecule has 9 heteroatoms. The second kappa shape index (κ2) is 8.29. The minimum Gasteiger partial charge on any atom is -0.376 e. The van der Waals surface area contributed by atoms with E-state index < -0.39 is 12.1 Å². The Morgan fingerprint density at radius 2 is 1.88 bits per heavy atom. The van der Waals surface area contributed by atoms with Crippen molar-refractivity contribution in [1.29, 1.82) is 0 Å². The van der Waals surface area contributed by atoms with Crippen molar-refractivity contribution in [2.45, 2.75) is 44.2 Å². The van der Waals surface area contributed by atoms with Crippen LogP contribution in [0, 0.1) is 11.8 Å². The number of rotatable bonds is 6. The molecule has 5 aliphatic rings. The molecule has 1 saturated carbocycles. The summed E-state index contributed by atoms with van der Waals surface area (Å²) in [6.07, 6.45) is 5.07. The van der Waals surface area contributed by atoms with Crippen molar-refractivity contribution in [3.8, 4) is 0 Å². The summed E-state index contributed by atoms with van der Waals surface area (Å²) in [6.45, 7) is 5.89. The zero-order valence-corrected chi connectivity index (χ0v) is 18.8. The Hall–Kier alpha value is -2.65. The third-order valence-corrected chi connectivity index (χ3v) is 7.79. The number of aromatic nitrogens is 2. The van der Waals surface area contributed by atoms with Crippen LogP contribution in [-0.4, -0.2) is 72.2 Å². The summed E-state index contributed by atoms with van der Waals surface area (Å²) in [5, 5.41) is 5.38. The molecule has 5 heterocycles. The first-order chi connectivity index (χ1) is 16.0. The number of esters is 1. The Kier molecular flexibility index (Phi) is 5.25. The van der Waals surface area contributed by atoms with E-state index >= 15 is 0 Å². The summed E-state index contributed by atoms with van der Waals surface area (Å²) in [6, 6.07) is 6.28. The molecular weight excluding hydrogens is 422 g/mol. The average molecular weight is 454 g/mol. The minimum atomic E-state index is -1.11. The van der Waals surface area contributed by atoms with Gasteiger partial charge in [0.2, 0.25) is 0 Å². The van der Waals surface area contributed by atoms with E-state index in [1.54, 1.807) is 0 Å². The number of amides is 1. The van der Waals surface area contributed by atoms with Crippen LogP contribution in [0.3, 0.4) is 0 Å². The lowest BCUT2D eigenvalue weighted by atomic mass is 9.84. The minimum absolute atomic E-state index is 0.152. The molecule has 1 aliphatic carbocycles. The molecule has 1 aromatic carbocycles. The van der Waals surface area contributed by atoms with Crippen LogP contribution in [0.1, 0.15) is 48.6 Å². The third kappa shape index (κ3) is 4.08. The van der Waals surface area contributed by atoms with Gasteiger partial charge in [-0.05, 0) is 75.2 Å². The van der Waals surface area contributed by atoms with E-state index in [1.165, 1.54) is 12.8 Å². The topological polar surface area (TPSA) is 103 Å². The number of hydrogen-bond donors (Lipinski definition) is 1. The van der Waals surface area contributed by atoms with Gasteiger partial charge in [0.05, 0.1) is 17.7 Å². The first kappa shape index (κ1) is 20.9. The predicted octanol–water partition coefficient (Wildman–Crippen LogP) is 2.54. The van der Waals surface area contributed by atoms with Crippen LogP contribution in [0.2, 0.25) is 0 Å². The van der Waals surface area contributed by atoms with Gasteiger partial charge in [-0.2, -0.15) is 5.10 Å². The zero-order valence-electron chi connectivity index (χ0n) is 18.8. The number of nitrogens with two attached hydrogens (primary N) is 1. The van der Waals surface area contributed by atoms with E-state index in [0.29, 0.717) is 11.3 Å². The zero-order chi connectivity index (χ0) is 22.5. The van der Waals surface area contributed by atoms with Crippen LogP contribution >= 0.6 is 0 Å². The molecule has 7 rings (SSSR count). The lowest BCUT2D eigenvalue weighted by Crippen LogP contribution is -2.48. The van der Waals surface area contributed by atoms with E-state index in [-0.39, 0.29) is 17.8 Å². The highest BCUT2D eigenvalue weighted by Gasteiger charge is 2.37. The van der Waals surface area contributed by atoms with Gasteiger partial charge < -0.3 is 25.0 Å². The number of fused-ring (bicyclic) bond motifs is 4. The highest BCUT2D eigenvalue weighted by molar-refractivity contribution is 6.05. The Bertz CT molecular complexity index is 1070. The van der Waals surface area contributed by atoms with E-state index in [9.17, 15) is 9.59 Å². The lowest BCUT2D eigenvalue weighted by Gasteiger charge is -2.44. The molecule has 2 N–H and O–H groups in total. The summed E-state index contributed by atoms with van der Waals surface area (Å²) >= 11 is 0. The van der Waals surface area contributed by atoms with Gasteiger partial charge in [0.25, 0.3) is 0 Å². The first-order valence-corrected chi connectivity index (χ1v) is 12.2. The maximum atomic E-state index is 12.6. The monoisotopic (exact) mass is 453 g/mol. The van der Waals surface area contributed by atoms with Crippen molar-refractivity contribution in [1.82, 2.24) is 14.7 Å². The van der Waals surface area contributed by atoms with E-state index in [4.69, 9.17) is 10.5 Å². The van der Waals surface area contributed by atoms with Gasteiger partial charge in [-0.1, -0.05) is 0 Å². The highest BCUT2D eigenvalue weighted by atomic mass is 16.6. The molecular formula is C24H31N5O4. The van der Waals surface area contributed by atoms with Gasteiger partial charge in [0.15, 0.2) is 5.69 Å². The summed E-state index contributed by atoms with van der Waals surface area (Å²) in [7, 11) is 0. The van der Waals surface area contributed by atoms with Crippen LogP contribution in [0.25, 0.3) is 10.9 Å². The lowest BCUT2D eigenvalue weighted by molar-refractivity contribution is 0.0518. The summed E-state index contributed by atoms with van der Waals surface area (Å²) < 4.78 is 12.8. The second-order valence-electron chi connectivity index (χ2n) is 10.0. The molecule has 9 nitrogen and oxygen atoms in total. The molecule has 4 aliphatic heterocycles. The molecule has 1 amide bonds. The maximum absolute atomic E-state index is 12.6. The van der Waals surface area contributed by atoms with Crippen molar-refractivity contribution >= 4 is 28.7 Å². The quantitative estimate of drug-likeness (QED) is 0.530. The number of benzene rings is 1. The number of nitrogens with zero attached hydrogens (tertiary/aromatic N) is 4. The van der Waals surface area contributed by atoms with E-state index in [1.807, 2.05) is 16.8 Å². The normalized spacial score (nSPS) is 29.0. The molecule has 33 heavy (non-hydrogen) atoms. The number of hydrogen-bond acceptors (Lipinski definition) is 7. The summed E-state index contributed by atoms with van der Waals surface area (Å²) in [4.78, 5) is 28.6. The molecule has 0 radical (unpaired) electrons. The van der Waals surface area contributed by atoms with Gasteiger partial charge in [-0.3, -0.25) is 4.68 Å². The Morgan fingerprint density at radius 1 is 1.06 bits per heavy atom. The van der Waals surface area contributed by atoms with E-state index in [2.05, 4.69) is 25.7 Å². The van der Waals surface area contributed by atoms with Crippen molar-refractivity contribution in [3.63, 3.8) is 0 Å². The smallest absolute Gasteiger partial charge is 0.376 e. The third-order valence-electron chi connectivity index (χ3n) is 7.79. The molecule has 2 bridgehead atoms. The fourth-order valence-electron chi connectivity index (χ4n) is 5.73. The Balaban J connectivity index is 1.32. The van der Waals surface area contributed by atoms with Crippen LogP contribution in [-0.2, 0) is 9.47 Å². The van der Waals surface area contributed by atoms with Gasteiger partial charge >= 0.3 is 12.1 Å². The number of piperidine rings is 3. The summed E-state index contributed by atoms with van der Waals surface area (Å²) in [5.74, 6) is 0.508. The molecule has 1 unspecified atom stereocenters. The fourth-order valence-corrected chi connectivity index (χ4v) is 5.73. The predicted molar refractivity (Wildman–Crippen MR) is 122 cm³/mol. The van der Waals surface area contributed by atoms with Crippen LogP contribution in [0.4, 0.5) is 10.5 Å². The van der Waals surface area contributed by atoms with Crippen molar-refractivity contribution in [3.05, 3.63) is 23.9 Å². The van der Waals surface area contributed by atoms with E-state index in [0.717, 1.165) is 75.7 Å². The molecule has 5 fully saturated rings. The molecule has 1 aromatic heterocycles. The molecule has 4 saturated heterocycles. The second-order valence-corrected chi connectivity index (χ2v) is 10.0. The Morgan fingerprint density at radius 3 is 2.58 bits per heavy atom. The van der Waals surface area contributed by atoms with Gasteiger partial charge in [0.1, 0.15) is 0 Å². The van der Waals surface area contributed by atoms with Gasteiger partial charge in [-0.25, -0.2) is 9.59 Å². The number of primary amides is 1. The molecule has 176 valence electrons. The highest BCUT2D eigenvalue weighted by Crippen LogP contribution is 2.38. The fraction of sp³-hybridized carbons (Fsp3) is 0.625. The van der Waals surface area contributed by atoms with Crippen molar-refractivity contribution in [2.24, 2.45) is 17.6 Å². The van der Waals surface area contributed by atoms with Crippen molar-refractivity contribution in [2.75, 3.05) is 44.2 Å². The molecule has 2 aromatic rings. The number of anilines is 1. The van der Waals surface area contributed by atoms with Crippen LogP contribution in [0.5, 0.6) is 0 Å². The van der Waals surface area contributed by atoms with Gasteiger partial charge in [0, 0.05) is 37.3 Å². The SMILES string of the molecule is NC(=O)OC(=O)c1nn([C@@H]2CN3CCC2CC3)c2cc(N3CCC(OCC4CC4)C3)ccc12. The first-order valence-electron chi connectivity index (χ1n) is 12.2. The Labute approximate surface area is 192 Å². The number of ether oxygens (including phenoxy) is 2. The molecule has 2 atom stereocenters. The number of carbonyl (C=O) groups excluding carboxylic acids is 2. The van der Waals surface area contributed by atoms with Crippen LogP contribution in [0.15, 0.2) is 18.2 Å². The van der Waals surface area contributed by atoms with Crippen LogP contribution < -0.4 is 10.6 Å². The van der Waals surface area contributed by atoms with Crippen molar-refractivity contribution < 1.29 is 19.1 Å². The average Bonchev–Trinajstić information content (AvgIpc) is 3.39. The summed E-state index contributed by atoms with van der Waals surface area (Å²) in [5.41, 5.74) is 7.27. The largest absolute Gasteiger partial charge is 0.412 e. The maximum Gasteiger partial charge on any atom is 0.412 e. The molecule has 0 spiro atoms. The van der Waals surface area contributed by atoms with Gasteiger partial charge in [-0.15, -0.1) is 0 Å².